The van der Waals surface area contributed by atoms with Gasteiger partial charge in [0.1, 0.15) is 24.1 Å². The Morgan fingerprint density at radius 3 is 2.56 bits per heavy atom. The number of hydrogen-bond acceptors (Lipinski definition) is 7. The van der Waals surface area contributed by atoms with Crippen molar-refractivity contribution in [3.63, 3.8) is 0 Å². The van der Waals surface area contributed by atoms with Gasteiger partial charge in [-0.3, -0.25) is 24.0 Å². The molecule has 5 rings (SSSR count). The fourth-order valence-electron chi connectivity index (χ4n) is 5.18. The normalized spacial score (nSPS) is 23.1. The van der Waals surface area contributed by atoms with Gasteiger partial charge in [-0.25, -0.2) is 9.97 Å². The molecule has 34 heavy (non-hydrogen) atoms. The number of aryl methyl sites for hydroxylation is 2. The first-order valence-corrected chi connectivity index (χ1v) is 11.3. The van der Waals surface area contributed by atoms with Gasteiger partial charge < -0.3 is 10.1 Å². The molecule has 3 atom stereocenters. The lowest BCUT2D eigenvalue weighted by molar-refractivity contribution is -0.139. The molecule has 0 bridgehead atoms. The second-order valence-corrected chi connectivity index (χ2v) is 9.58. The molecule has 4 heterocycles. The van der Waals surface area contributed by atoms with Gasteiger partial charge in [-0.2, -0.15) is 5.10 Å². The van der Waals surface area contributed by atoms with Crippen LogP contribution in [0.15, 0.2) is 18.5 Å². The predicted molar refractivity (Wildman–Crippen MR) is 126 cm³/mol. The minimum absolute atomic E-state index is 0.00789. The highest BCUT2D eigenvalue weighted by atomic mass is 16.2. The molecule has 3 aromatic heterocycles. The van der Waals surface area contributed by atoms with Crippen LogP contribution in [0.1, 0.15) is 48.7 Å². The molecular weight excluding hydrogens is 433 g/mol. The first-order chi connectivity index (χ1) is 16.1. The number of fused-ring (bicyclic) bond motifs is 2. The lowest BCUT2D eigenvalue weighted by Gasteiger charge is -2.26. The van der Waals surface area contributed by atoms with E-state index in [-0.39, 0.29) is 41.3 Å². The topological polar surface area (TPSA) is 123 Å². The zero-order chi connectivity index (χ0) is 24.4. The summed E-state index contributed by atoms with van der Waals surface area (Å²) in [6.07, 6.45) is 4.93. The van der Waals surface area contributed by atoms with E-state index >= 15 is 0 Å². The van der Waals surface area contributed by atoms with Crippen LogP contribution in [0.25, 0.3) is 22.2 Å². The average molecular weight is 459 g/mol. The second-order valence-electron chi connectivity index (χ2n) is 9.58. The summed E-state index contributed by atoms with van der Waals surface area (Å²) in [7, 11) is 1.59. The molecule has 1 aliphatic heterocycles. The van der Waals surface area contributed by atoms with E-state index in [1.165, 1.54) is 6.92 Å². The first kappa shape index (κ1) is 22.2. The molecule has 1 aliphatic carbocycles. The molecule has 2 fully saturated rings. The minimum Gasteiger partial charge on any atom is -0.404 e. The molecule has 3 unspecified atom stereocenters. The number of rotatable bonds is 5. The lowest BCUT2D eigenvalue weighted by Crippen LogP contribution is -2.48. The van der Waals surface area contributed by atoms with E-state index in [9.17, 15) is 14.4 Å². The van der Waals surface area contributed by atoms with Gasteiger partial charge in [-0.05, 0) is 38.2 Å². The van der Waals surface area contributed by atoms with Crippen LogP contribution in [0, 0.1) is 19.3 Å². The quantitative estimate of drug-likeness (QED) is 0.441. The van der Waals surface area contributed by atoms with E-state index in [1.54, 1.807) is 42.9 Å². The van der Waals surface area contributed by atoms with Gasteiger partial charge in [-0.1, -0.05) is 6.92 Å². The number of carbonyl (C=O) groups excluding carboxylic acids is 3. The highest BCUT2D eigenvalue weighted by molar-refractivity contribution is 6.15. The lowest BCUT2D eigenvalue weighted by atomic mass is 10.0. The molecule has 1 N–H and O–H groups in total. The van der Waals surface area contributed by atoms with Gasteiger partial charge in [-0.15, -0.1) is 0 Å². The number of nitrogens with zero attached hydrogens (tertiary/aromatic N) is 6. The van der Waals surface area contributed by atoms with E-state index in [4.69, 9.17) is 0 Å². The summed E-state index contributed by atoms with van der Waals surface area (Å²) in [6.45, 7) is 7.13. The smallest absolute Gasteiger partial charge is 0.245 e. The minimum atomic E-state index is -0.484. The Labute approximate surface area is 197 Å². The Kier molecular flexibility index (Phi) is 5.03. The number of nitrogens with one attached hydrogen (secondary N) is 1. The largest absolute Gasteiger partial charge is 0.404 e. The molecule has 1 saturated carbocycles. The van der Waals surface area contributed by atoms with Crippen molar-refractivity contribution in [2.24, 2.45) is 5.41 Å². The summed E-state index contributed by atoms with van der Waals surface area (Å²) >= 11 is 0. The van der Waals surface area contributed by atoms with Crippen molar-refractivity contribution in [1.29, 1.82) is 0 Å². The Morgan fingerprint density at radius 2 is 1.91 bits per heavy atom. The van der Waals surface area contributed by atoms with Gasteiger partial charge in [0.05, 0.1) is 16.9 Å². The molecule has 3 aromatic rings. The van der Waals surface area contributed by atoms with Crippen LogP contribution in [0.2, 0.25) is 0 Å². The summed E-state index contributed by atoms with van der Waals surface area (Å²) in [5.41, 5.74) is 2.90. The van der Waals surface area contributed by atoms with Crippen LogP contribution in [0.5, 0.6) is 0 Å². The molecule has 0 radical (unpaired) electrons. The van der Waals surface area contributed by atoms with Crippen LogP contribution in [0.4, 0.5) is 0 Å². The zero-order valence-corrected chi connectivity index (χ0v) is 19.9. The molecule has 174 valence electrons. The average Bonchev–Trinajstić information content (AvgIpc) is 3.15. The molecule has 11 heteroatoms. The maximum atomic E-state index is 13.4. The third kappa shape index (κ3) is 3.46. The summed E-state index contributed by atoms with van der Waals surface area (Å²) < 4.78 is 1.55. The highest BCUT2D eigenvalue weighted by Crippen LogP contribution is 2.59. The van der Waals surface area contributed by atoms with E-state index in [0.29, 0.717) is 34.5 Å². The molecule has 1 saturated heterocycles. The molecule has 0 spiro atoms. The van der Waals surface area contributed by atoms with E-state index in [1.807, 2.05) is 6.92 Å². The number of likely N-dealkylation sites (tertiary alicyclic amines) is 1. The third-order valence-electron chi connectivity index (χ3n) is 7.07. The maximum Gasteiger partial charge on any atom is 0.245 e. The van der Waals surface area contributed by atoms with Crippen molar-refractivity contribution in [3.8, 4) is 11.3 Å². The number of piperidine rings is 1. The third-order valence-corrected chi connectivity index (χ3v) is 7.07. The van der Waals surface area contributed by atoms with Gasteiger partial charge in [0.2, 0.25) is 19.8 Å². The van der Waals surface area contributed by atoms with Crippen molar-refractivity contribution in [2.75, 3.05) is 0 Å². The molecule has 10 nitrogen and oxygen atoms in total. The number of hydrogen-bond donors (Lipinski definition) is 1. The number of Topliss-reactive ketones (excluding diaryl/α,β-unsaturated/α-hetero) is 1. The zero-order valence-electron chi connectivity index (χ0n) is 19.9. The van der Waals surface area contributed by atoms with Crippen LogP contribution < -0.4 is 5.23 Å². The van der Waals surface area contributed by atoms with Gasteiger partial charge >= 0.3 is 0 Å². The van der Waals surface area contributed by atoms with Gasteiger partial charge in [0.15, 0.2) is 5.78 Å². The van der Waals surface area contributed by atoms with Gasteiger partial charge in [0, 0.05) is 36.3 Å². The maximum absolute atomic E-state index is 13.4. The summed E-state index contributed by atoms with van der Waals surface area (Å²) in [5, 5.41) is 7.81. The molecule has 0 aromatic carbocycles. The van der Waals surface area contributed by atoms with Crippen LogP contribution in [0.3, 0.4) is 0 Å². The van der Waals surface area contributed by atoms with Crippen molar-refractivity contribution >= 4 is 36.5 Å². The Balaban J connectivity index is 1.54. The predicted octanol–water partition coefficient (Wildman–Crippen LogP) is 0.752. The molecule has 2 aliphatic rings. The van der Waals surface area contributed by atoms with Crippen molar-refractivity contribution in [1.82, 2.24) is 34.9 Å². The SMILES string of the molecule is BNC(=O)C1CC2(C)CC2N1C(=O)Cn1nc(C(C)=O)c2cc(-c3cnc(C)nc3)nc(C)c21. The number of ketones is 1. The number of pyridine rings is 1. The Hall–Kier alpha value is -3.63. The fourth-order valence-corrected chi connectivity index (χ4v) is 5.18. The number of aromatic nitrogens is 5. The fraction of sp³-hybridized carbons (Fsp3) is 0.435. The number of amides is 2. The standard InChI is InChI=1S/C23H26BN7O3/c1-11-21-15(5-16(27-11)14-8-25-13(3)26-9-14)20(12(2)32)29-30(21)10-19(33)31-17(22(34)28-24)6-23(4)7-18(23)31/h5,8-9,17-18H,6-7,10,24H2,1-4H3,(H,28,34). The Bertz CT molecular complexity index is 1350. The van der Waals surface area contributed by atoms with Crippen molar-refractivity contribution < 1.29 is 14.4 Å². The summed E-state index contributed by atoms with van der Waals surface area (Å²) in [5.74, 6) is 0.113. The second kappa shape index (κ2) is 7.71. The molecule has 2 amide bonds. The summed E-state index contributed by atoms with van der Waals surface area (Å²) in [6, 6.07) is 1.37. The summed E-state index contributed by atoms with van der Waals surface area (Å²) in [4.78, 5) is 53.2. The first-order valence-electron chi connectivity index (χ1n) is 11.3. The van der Waals surface area contributed by atoms with Crippen molar-refractivity contribution in [3.05, 3.63) is 35.7 Å². The molecular formula is C23H26BN7O3. The van der Waals surface area contributed by atoms with E-state index in [2.05, 4.69) is 32.2 Å². The van der Waals surface area contributed by atoms with E-state index in [0.717, 1.165) is 12.0 Å². The Morgan fingerprint density at radius 1 is 1.21 bits per heavy atom. The van der Waals surface area contributed by atoms with Crippen LogP contribution >= 0.6 is 0 Å². The van der Waals surface area contributed by atoms with Crippen LogP contribution in [-0.2, 0) is 16.1 Å². The highest BCUT2D eigenvalue weighted by Gasteiger charge is 2.64. The van der Waals surface area contributed by atoms with E-state index < -0.39 is 6.04 Å². The number of carbonyl (C=O) groups is 3. The van der Waals surface area contributed by atoms with Crippen molar-refractivity contribution in [2.45, 2.75) is 59.2 Å². The van der Waals surface area contributed by atoms with Gasteiger partial charge in [0.25, 0.3) is 0 Å². The monoisotopic (exact) mass is 459 g/mol. The van der Waals surface area contributed by atoms with Crippen LogP contribution in [-0.4, -0.2) is 67.3 Å².